The summed E-state index contributed by atoms with van der Waals surface area (Å²) < 4.78 is 38.0. The van der Waals surface area contributed by atoms with E-state index in [4.69, 9.17) is 9.47 Å². The van der Waals surface area contributed by atoms with Crippen molar-refractivity contribution in [2.75, 3.05) is 6.61 Å². The maximum atomic E-state index is 13.3. The number of carbonyl (C=O) groups is 1. The van der Waals surface area contributed by atoms with E-state index < -0.39 is 24.7 Å². The monoisotopic (exact) mass is 310 g/mol. The molecular weight excluding hydrogens is 294 g/mol. The van der Waals surface area contributed by atoms with Crippen LogP contribution in [-0.4, -0.2) is 28.2 Å². The van der Waals surface area contributed by atoms with Crippen molar-refractivity contribution in [2.45, 2.75) is 38.5 Å². The van der Waals surface area contributed by atoms with Gasteiger partial charge in [-0.15, -0.1) is 0 Å². The lowest BCUT2D eigenvalue weighted by atomic mass is 10.2. The average Bonchev–Trinajstić information content (AvgIpc) is 3.14. The number of aromatic nitrogens is 2. The molecule has 22 heavy (non-hydrogen) atoms. The summed E-state index contributed by atoms with van der Waals surface area (Å²) >= 11 is 0. The van der Waals surface area contributed by atoms with Crippen LogP contribution < -0.4 is 0 Å². The van der Waals surface area contributed by atoms with Crippen LogP contribution in [0, 0.1) is 0 Å². The Morgan fingerprint density at radius 3 is 2.91 bits per heavy atom. The highest BCUT2D eigenvalue weighted by atomic mass is 19.3. The first-order chi connectivity index (χ1) is 10.6. The molecule has 7 heteroatoms. The fourth-order valence-electron chi connectivity index (χ4n) is 2.62. The Kier molecular flexibility index (Phi) is 4.06. The molecule has 1 saturated heterocycles. The maximum absolute atomic E-state index is 13.3. The summed E-state index contributed by atoms with van der Waals surface area (Å²) in [7, 11) is 0. The molecule has 0 bridgehead atoms. The van der Waals surface area contributed by atoms with Gasteiger partial charge in [-0.1, -0.05) is 12.1 Å². The highest BCUT2D eigenvalue weighted by molar-refractivity contribution is 5.77. The molecule has 2 heterocycles. The lowest BCUT2D eigenvalue weighted by Crippen LogP contribution is -2.24. The SMILES string of the molecule is CC(OC(=O)C1CCCO1)c1nc2ccccc2n1C(F)F. The number of imidazole rings is 1. The number of alkyl halides is 2. The molecule has 1 aromatic heterocycles. The predicted octanol–water partition coefficient (Wildman–Crippen LogP) is 3.21. The zero-order chi connectivity index (χ0) is 15.7. The average molecular weight is 310 g/mol. The summed E-state index contributed by atoms with van der Waals surface area (Å²) in [6.45, 7) is -0.706. The first-order valence-corrected chi connectivity index (χ1v) is 7.15. The second-order valence-corrected chi connectivity index (χ2v) is 5.19. The Bertz CT molecular complexity index is 680. The van der Waals surface area contributed by atoms with Gasteiger partial charge in [-0.3, -0.25) is 4.57 Å². The van der Waals surface area contributed by atoms with Crippen LogP contribution in [0.1, 0.15) is 38.2 Å². The summed E-state index contributed by atoms with van der Waals surface area (Å²) in [5.41, 5.74) is 0.755. The Labute approximate surface area is 125 Å². The molecule has 5 nitrogen and oxygen atoms in total. The number of halogens is 2. The molecule has 0 N–H and O–H groups in total. The Morgan fingerprint density at radius 1 is 1.45 bits per heavy atom. The molecular formula is C15H16F2N2O3. The van der Waals surface area contributed by atoms with Crippen LogP contribution in [-0.2, 0) is 14.3 Å². The molecule has 2 aromatic rings. The van der Waals surface area contributed by atoms with Crippen LogP contribution in [0.3, 0.4) is 0 Å². The normalized spacial score (nSPS) is 19.7. The van der Waals surface area contributed by atoms with Gasteiger partial charge in [0.15, 0.2) is 18.0 Å². The van der Waals surface area contributed by atoms with Gasteiger partial charge in [0.25, 0.3) is 0 Å². The minimum atomic E-state index is -2.76. The zero-order valence-electron chi connectivity index (χ0n) is 12.0. The van der Waals surface area contributed by atoms with Crippen LogP contribution in [0.15, 0.2) is 24.3 Å². The van der Waals surface area contributed by atoms with Crippen LogP contribution >= 0.6 is 0 Å². The number of para-hydroxylation sites is 2. The number of nitrogens with zero attached hydrogens (tertiary/aromatic N) is 2. The van der Waals surface area contributed by atoms with E-state index in [0.717, 1.165) is 11.0 Å². The number of hydrogen-bond donors (Lipinski definition) is 0. The van der Waals surface area contributed by atoms with Crippen molar-refractivity contribution >= 4 is 17.0 Å². The van der Waals surface area contributed by atoms with Crippen molar-refractivity contribution in [1.82, 2.24) is 9.55 Å². The lowest BCUT2D eigenvalue weighted by molar-refractivity contribution is -0.160. The first-order valence-electron chi connectivity index (χ1n) is 7.15. The zero-order valence-corrected chi connectivity index (χ0v) is 12.0. The van der Waals surface area contributed by atoms with E-state index in [9.17, 15) is 13.6 Å². The van der Waals surface area contributed by atoms with Gasteiger partial charge < -0.3 is 9.47 Å². The Morgan fingerprint density at radius 2 is 2.23 bits per heavy atom. The van der Waals surface area contributed by atoms with E-state index in [1.54, 1.807) is 24.3 Å². The lowest BCUT2D eigenvalue weighted by Gasteiger charge is -2.17. The summed E-state index contributed by atoms with van der Waals surface area (Å²) in [6.07, 6.45) is -0.0922. The number of hydrogen-bond acceptors (Lipinski definition) is 4. The number of fused-ring (bicyclic) bond motifs is 1. The molecule has 0 aliphatic carbocycles. The van der Waals surface area contributed by atoms with E-state index in [0.29, 0.717) is 24.1 Å². The second kappa shape index (κ2) is 6.00. The van der Waals surface area contributed by atoms with Crippen molar-refractivity contribution in [3.8, 4) is 0 Å². The van der Waals surface area contributed by atoms with Crippen LogP contribution in [0.5, 0.6) is 0 Å². The topological polar surface area (TPSA) is 53.4 Å². The van der Waals surface area contributed by atoms with Crippen molar-refractivity contribution in [3.63, 3.8) is 0 Å². The van der Waals surface area contributed by atoms with Gasteiger partial charge in [-0.25, -0.2) is 9.78 Å². The molecule has 1 aromatic carbocycles. The second-order valence-electron chi connectivity index (χ2n) is 5.19. The van der Waals surface area contributed by atoms with Gasteiger partial charge >= 0.3 is 12.5 Å². The van der Waals surface area contributed by atoms with E-state index in [2.05, 4.69) is 4.98 Å². The number of carbonyl (C=O) groups excluding carboxylic acids is 1. The van der Waals surface area contributed by atoms with Crippen molar-refractivity contribution in [1.29, 1.82) is 0 Å². The fraction of sp³-hybridized carbons (Fsp3) is 0.467. The molecule has 1 aliphatic rings. The van der Waals surface area contributed by atoms with Gasteiger partial charge in [-0.2, -0.15) is 8.78 Å². The molecule has 0 radical (unpaired) electrons. The molecule has 118 valence electrons. The largest absolute Gasteiger partial charge is 0.453 e. The molecule has 0 spiro atoms. The summed E-state index contributed by atoms with van der Waals surface area (Å²) in [5.74, 6) is -0.500. The smallest absolute Gasteiger partial charge is 0.335 e. The highest BCUT2D eigenvalue weighted by Crippen LogP contribution is 2.28. The molecule has 1 fully saturated rings. The fourth-order valence-corrected chi connectivity index (χ4v) is 2.62. The third-order valence-corrected chi connectivity index (χ3v) is 3.67. The van der Waals surface area contributed by atoms with Gasteiger partial charge in [0.1, 0.15) is 0 Å². The number of benzene rings is 1. The minimum Gasteiger partial charge on any atom is -0.453 e. The standard InChI is InChI=1S/C15H16F2N2O3/c1-9(22-14(20)12-7-4-8-21-12)13-18-10-5-2-3-6-11(10)19(13)15(16)17/h2-3,5-6,9,12,15H,4,7-8H2,1H3. The molecule has 2 atom stereocenters. The van der Waals surface area contributed by atoms with E-state index in [1.807, 2.05) is 0 Å². The highest BCUT2D eigenvalue weighted by Gasteiger charge is 2.29. The third kappa shape index (κ3) is 2.68. The van der Waals surface area contributed by atoms with E-state index in [-0.39, 0.29) is 5.82 Å². The number of rotatable bonds is 4. The summed E-state index contributed by atoms with van der Waals surface area (Å²) in [6, 6.07) is 6.59. The third-order valence-electron chi connectivity index (χ3n) is 3.67. The van der Waals surface area contributed by atoms with Crippen LogP contribution in [0.25, 0.3) is 11.0 Å². The minimum absolute atomic E-state index is 0.0301. The van der Waals surface area contributed by atoms with Crippen molar-refractivity contribution in [2.24, 2.45) is 0 Å². The molecule has 0 amide bonds. The van der Waals surface area contributed by atoms with Crippen molar-refractivity contribution < 1.29 is 23.0 Å². The van der Waals surface area contributed by atoms with Gasteiger partial charge in [0, 0.05) is 6.61 Å². The van der Waals surface area contributed by atoms with Gasteiger partial charge in [-0.05, 0) is 31.9 Å². The maximum Gasteiger partial charge on any atom is 0.335 e. The first kappa shape index (κ1) is 14.9. The quantitative estimate of drug-likeness (QED) is 0.814. The summed E-state index contributed by atoms with van der Waals surface area (Å²) in [4.78, 5) is 16.1. The van der Waals surface area contributed by atoms with Gasteiger partial charge in [0.05, 0.1) is 11.0 Å². The molecule has 3 rings (SSSR count). The van der Waals surface area contributed by atoms with E-state index in [1.165, 1.54) is 6.92 Å². The van der Waals surface area contributed by atoms with Crippen LogP contribution in [0.2, 0.25) is 0 Å². The van der Waals surface area contributed by atoms with E-state index >= 15 is 0 Å². The van der Waals surface area contributed by atoms with Crippen LogP contribution in [0.4, 0.5) is 8.78 Å². The Hall–Kier alpha value is -2.02. The summed E-state index contributed by atoms with van der Waals surface area (Å²) in [5, 5.41) is 0. The molecule has 2 unspecified atom stereocenters. The van der Waals surface area contributed by atoms with Crippen molar-refractivity contribution in [3.05, 3.63) is 30.1 Å². The van der Waals surface area contributed by atoms with Gasteiger partial charge in [0.2, 0.25) is 0 Å². The number of ether oxygens (including phenoxy) is 2. The Balaban J connectivity index is 1.88. The molecule has 0 saturated carbocycles. The predicted molar refractivity (Wildman–Crippen MR) is 74.5 cm³/mol. The number of esters is 1. The molecule has 1 aliphatic heterocycles.